The molecule has 0 saturated heterocycles. The number of carbonyl (C=O) groups is 1. The van der Waals surface area contributed by atoms with Gasteiger partial charge < -0.3 is 4.90 Å². The van der Waals surface area contributed by atoms with E-state index in [9.17, 15) is 4.79 Å². The number of hydrogen-bond donors (Lipinski definition) is 0. The van der Waals surface area contributed by atoms with Crippen molar-refractivity contribution in [2.75, 3.05) is 13.1 Å². The average molecular weight is 251 g/mol. The molecule has 1 amide bonds. The first kappa shape index (κ1) is 14.1. The Hall–Kier alpha value is -0.960. The minimum absolute atomic E-state index is 0.199. The van der Waals surface area contributed by atoms with Crippen molar-refractivity contribution in [1.82, 2.24) is 4.90 Å². The molecule has 0 unspecified atom stereocenters. The summed E-state index contributed by atoms with van der Waals surface area (Å²) >= 11 is 1.40. The van der Waals surface area contributed by atoms with Gasteiger partial charge in [0.15, 0.2) is 0 Å². The summed E-state index contributed by atoms with van der Waals surface area (Å²) in [6, 6.07) is 10.1. The molecule has 0 aliphatic rings. The zero-order chi connectivity index (χ0) is 12.5. The van der Waals surface area contributed by atoms with E-state index >= 15 is 0 Å². The monoisotopic (exact) mass is 251 g/mol. The minimum atomic E-state index is 0.199. The molecule has 0 spiro atoms. The molecule has 2 nitrogen and oxygen atoms in total. The van der Waals surface area contributed by atoms with Gasteiger partial charge in [-0.1, -0.05) is 55.4 Å². The molecular weight excluding hydrogens is 230 g/mol. The highest BCUT2D eigenvalue weighted by atomic mass is 32.2. The standard InChI is InChI=1S/C14H21NOS/c1-3-5-11-15(4-2)14(16)17-12-13-9-7-6-8-10-13/h6-10H,3-5,11-12H2,1-2H3. The first-order valence-corrected chi connectivity index (χ1v) is 7.22. The summed E-state index contributed by atoms with van der Waals surface area (Å²) in [6.45, 7) is 5.88. The molecule has 0 fully saturated rings. The van der Waals surface area contributed by atoms with Crippen LogP contribution in [-0.2, 0) is 5.75 Å². The van der Waals surface area contributed by atoms with Gasteiger partial charge in [-0.2, -0.15) is 0 Å². The second-order valence-electron chi connectivity index (χ2n) is 3.97. The molecule has 0 N–H and O–H groups in total. The Morgan fingerprint density at radius 2 is 1.94 bits per heavy atom. The third kappa shape index (κ3) is 5.26. The largest absolute Gasteiger partial charge is 0.334 e. The van der Waals surface area contributed by atoms with Crippen LogP contribution in [0.2, 0.25) is 0 Å². The summed E-state index contributed by atoms with van der Waals surface area (Å²) in [7, 11) is 0. The van der Waals surface area contributed by atoms with E-state index in [0.717, 1.165) is 31.7 Å². The Bertz CT molecular complexity index is 326. The average Bonchev–Trinajstić information content (AvgIpc) is 2.38. The Morgan fingerprint density at radius 1 is 1.24 bits per heavy atom. The number of amides is 1. The van der Waals surface area contributed by atoms with E-state index in [1.54, 1.807) is 0 Å². The van der Waals surface area contributed by atoms with Crippen LogP contribution in [0, 0.1) is 0 Å². The molecule has 17 heavy (non-hydrogen) atoms. The maximum Gasteiger partial charge on any atom is 0.281 e. The van der Waals surface area contributed by atoms with E-state index < -0.39 is 0 Å². The predicted molar refractivity (Wildman–Crippen MR) is 75.3 cm³/mol. The van der Waals surface area contributed by atoms with Gasteiger partial charge in [0.05, 0.1) is 0 Å². The first-order valence-electron chi connectivity index (χ1n) is 6.23. The second-order valence-corrected chi connectivity index (χ2v) is 4.90. The third-order valence-electron chi connectivity index (χ3n) is 2.63. The zero-order valence-corrected chi connectivity index (χ0v) is 11.5. The SMILES string of the molecule is CCCCN(CC)C(=O)SCc1ccccc1. The summed E-state index contributed by atoms with van der Waals surface area (Å²) in [5.74, 6) is 0.766. The van der Waals surface area contributed by atoms with E-state index in [1.165, 1.54) is 17.3 Å². The molecule has 94 valence electrons. The van der Waals surface area contributed by atoms with Gasteiger partial charge in [-0.05, 0) is 18.9 Å². The topological polar surface area (TPSA) is 20.3 Å². The van der Waals surface area contributed by atoms with Crippen LogP contribution in [0.5, 0.6) is 0 Å². The molecule has 1 aromatic rings. The zero-order valence-electron chi connectivity index (χ0n) is 10.7. The fourth-order valence-electron chi connectivity index (χ4n) is 1.54. The summed E-state index contributed by atoms with van der Waals surface area (Å²) in [5.41, 5.74) is 1.21. The van der Waals surface area contributed by atoms with Crippen molar-refractivity contribution in [3.63, 3.8) is 0 Å². The number of carbonyl (C=O) groups excluding carboxylic acids is 1. The van der Waals surface area contributed by atoms with Crippen LogP contribution in [-0.4, -0.2) is 23.2 Å². The molecule has 0 aliphatic carbocycles. The molecule has 0 heterocycles. The van der Waals surface area contributed by atoms with Gasteiger partial charge in [-0.25, -0.2) is 0 Å². The Labute approximate surface area is 108 Å². The van der Waals surface area contributed by atoms with Crippen LogP contribution in [0.4, 0.5) is 4.79 Å². The molecule has 0 aromatic heterocycles. The molecule has 0 atom stereocenters. The smallest absolute Gasteiger partial charge is 0.281 e. The molecule has 0 aliphatic heterocycles. The van der Waals surface area contributed by atoms with Crippen LogP contribution in [0.25, 0.3) is 0 Å². The van der Waals surface area contributed by atoms with Crippen molar-refractivity contribution >= 4 is 17.0 Å². The molecule has 0 saturated carbocycles. The Kier molecular flexibility index (Phi) is 6.78. The van der Waals surface area contributed by atoms with Crippen molar-refractivity contribution in [3.05, 3.63) is 35.9 Å². The summed E-state index contributed by atoms with van der Waals surface area (Å²) in [4.78, 5) is 13.9. The number of nitrogens with zero attached hydrogens (tertiary/aromatic N) is 1. The lowest BCUT2D eigenvalue weighted by Gasteiger charge is -2.19. The highest BCUT2D eigenvalue weighted by Gasteiger charge is 2.11. The van der Waals surface area contributed by atoms with Gasteiger partial charge in [-0.3, -0.25) is 4.79 Å². The number of unbranched alkanes of at least 4 members (excludes halogenated alkanes) is 1. The molecule has 1 aromatic carbocycles. The van der Waals surface area contributed by atoms with Gasteiger partial charge in [0.25, 0.3) is 5.24 Å². The van der Waals surface area contributed by atoms with Crippen LogP contribution >= 0.6 is 11.8 Å². The number of hydrogen-bond acceptors (Lipinski definition) is 2. The van der Waals surface area contributed by atoms with Crippen molar-refractivity contribution in [3.8, 4) is 0 Å². The lowest BCUT2D eigenvalue weighted by atomic mass is 10.2. The van der Waals surface area contributed by atoms with Crippen molar-refractivity contribution in [2.24, 2.45) is 0 Å². The third-order valence-corrected chi connectivity index (χ3v) is 3.61. The van der Waals surface area contributed by atoms with Crippen LogP contribution in [0.1, 0.15) is 32.3 Å². The van der Waals surface area contributed by atoms with E-state index in [0.29, 0.717) is 0 Å². The van der Waals surface area contributed by atoms with E-state index in [2.05, 4.69) is 19.1 Å². The fraction of sp³-hybridized carbons (Fsp3) is 0.500. The van der Waals surface area contributed by atoms with Gasteiger partial charge in [-0.15, -0.1) is 0 Å². The molecular formula is C14H21NOS. The van der Waals surface area contributed by atoms with Crippen molar-refractivity contribution in [2.45, 2.75) is 32.4 Å². The molecule has 3 heteroatoms. The maximum atomic E-state index is 11.9. The van der Waals surface area contributed by atoms with E-state index in [4.69, 9.17) is 0 Å². The highest BCUT2D eigenvalue weighted by Crippen LogP contribution is 2.16. The maximum absolute atomic E-state index is 11.9. The van der Waals surface area contributed by atoms with Gasteiger partial charge in [0.2, 0.25) is 0 Å². The number of thioether (sulfide) groups is 1. The number of benzene rings is 1. The van der Waals surface area contributed by atoms with Crippen molar-refractivity contribution in [1.29, 1.82) is 0 Å². The summed E-state index contributed by atoms with van der Waals surface area (Å²) in [6.07, 6.45) is 2.22. The fourth-order valence-corrected chi connectivity index (χ4v) is 2.42. The minimum Gasteiger partial charge on any atom is -0.334 e. The van der Waals surface area contributed by atoms with Crippen molar-refractivity contribution < 1.29 is 4.79 Å². The van der Waals surface area contributed by atoms with Gasteiger partial charge >= 0.3 is 0 Å². The number of rotatable bonds is 6. The quantitative estimate of drug-likeness (QED) is 0.756. The van der Waals surface area contributed by atoms with Gasteiger partial charge in [0, 0.05) is 18.8 Å². The van der Waals surface area contributed by atoms with Crippen LogP contribution < -0.4 is 0 Å². The normalized spacial score (nSPS) is 10.2. The van der Waals surface area contributed by atoms with Crippen LogP contribution in [0.15, 0.2) is 30.3 Å². The first-order chi connectivity index (χ1) is 8.27. The molecule has 1 rings (SSSR count). The second kappa shape index (κ2) is 8.18. The van der Waals surface area contributed by atoms with Gasteiger partial charge in [0.1, 0.15) is 0 Å². The van der Waals surface area contributed by atoms with E-state index in [-0.39, 0.29) is 5.24 Å². The lowest BCUT2D eigenvalue weighted by Crippen LogP contribution is -2.28. The summed E-state index contributed by atoms with van der Waals surface area (Å²) < 4.78 is 0. The highest BCUT2D eigenvalue weighted by molar-refractivity contribution is 8.12. The Morgan fingerprint density at radius 3 is 2.53 bits per heavy atom. The Balaban J connectivity index is 2.37. The molecule has 0 radical (unpaired) electrons. The lowest BCUT2D eigenvalue weighted by molar-refractivity contribution is 0.225. The molecule has 0 bridgehead atoms. The van der Waals surface area contributed by atoms with E-state index in [1.807, 2.05) is 30.0 Å². The summed E-state index contributed by atoms with van der Waals surface area (Å²) in [5, 5.41) is 0.199. The predicted octanol–water partition coefficient (Wildman–Crippen LogP) is 4.16. The van der Waals surface area contributed by atoms with Crippen LogP contribution in [0.3, 0.4) is 0 Å².